The van der Waals surface area contributed by atoms with Crippen molar-refractivity contribution in [3.63, 3.8) is 0 Å². The van der Waals surface area contributed by atoms with Gasteiger partial charge >= 0.3 is 0 Å². The number of piperazine rings is 1. The topological polar surface area (TPSA) is 73.4 Å². The summed E-state index contributed by atoms with van der Waals surface area (Å²) in [5.41, 5.74) is 1.76. The number of carbonyl (C=O) groups excluding carboxylic acids is 3. The van der Waals surface area contributed by atoms with E-state index in [4.69, 9.17) is 4.74 Å². The Morgan fingerprint density at radius 1 is 1.13 bits per heavy atom. The number of ether oxygens (including phenoxy) is 1. The molecule has 0 bridgehead atoms. The molecule has 0 saturated carbocycles. The van der Waals surface area contributed by atoms with Crippen molar-refractivity contribution in [2.75, 3.05) is 64.4 Å². The molecule has 2 aliphatic heterocycles. The van der Waals surface area contributed by atoms with E-state index in [1.54, 1.807) is 12.0 Å². The molecule has 1 aromatic rings. The van der Waals surface area contributed by atoms with Gasteiger partial charge in [-0.1, -0.05) is 6.07 Å². The molecule has 0 radical (unpaired) electrons. The van der Waals surface area contributed by atoms with Crippen LogP contribution in [0.25, 0.3) is 0 Å². The lowest BCUT2D eigenvalue weighted by Gasteiger charge is -2.36. The molecule has 2 heterocycles. The molecule has 0 spiro atoms. The normalized spacial score (nSPS) is 19.6. The van der Waals surface area contributed by atoms with Crippen LogP contribution < -0.4 is 9.64 Å². The molecule has 8 heteroatoms. The first-order valence-electron chi connectivity index (χ1n) is 11.1. The molecule has 1 aromatic carbocycles. The third-order valence-electron chi connectivity index (χ3n) is 6.26. The zero-order valence-corrected chi connectivity index (χ0v) is 19.1. The van der Waals surface area contributed by atoms with Gasteiger partial charge in [-0.15, -0.1) is 0 Å². The number of likely N-dealkylation sites (N-methyl/N-ethyl adjacent to an activating group) is 1. The number of hydrogen-bond donors (Lipinski definition) is 0. The minimum absolute atomic E-state index is 0.0252. The van der Waals surface area contributed by atoms with Crippen molar-refractivity contribution in [1.29, 1.82) is 0 Å². The van der Waals surface area contributed by atoms with E-state index >= 15 is 0 Å². The summed E-state index contributed by atoms with van der Waals surface area (Å²) in [6, 6.07) is 5.72. The zero-order valence-electron chi connectivity index (χ0n) is 19.1. The highest BCUT2D eigenvalue weighted by molar-refractivity contribution is 6.01. The number of amides is 3. The third-order valence-corrected chi connectivity index (χ3v) is 6.26. The summed E-state index contributed by atoms with van der Waals surface area (Å²) in [6.45, 7) is 10.7. The second-order valence-corrected chi connectivity index (χ2v) is 8.25. The number of nitrogens with zero attached hydrogens (tertiary/aromatic N) is 4. The van der Waals surface area contributed by atoms with E-state index in [1.807, 2.05) is 48.8 Å². The van der Waals surface area contributed by atoms with Crippen molar-refractivity contribution in [3.05, 3.63) is 23.8 Å². The fourth-order valence-electron chi connectivity index (χ4n) is 4.37. The standard InChI is InChI=1S/C23H34N4O4/c1-5-25(6-2)22(29)16-24-9-11-26(12-10-24)23(30)18-14-21(28)27(15-18)19-13-17(3)7-8-20(19)31-4/h7-8,13,18H,5-6,9-12,14-16H2,1-4H3. The maximum absolute atomic E-state index is 13.1. The summed E-state index contributed by atoms with van der Waals surface area (Å²) < 4.78 is 5.42. The van der Waals surface area contributed by atoms with Crippen LogP contribution >= 0.6 is 0 Å². The quantitative estimate of drug-likeness (QED) is 0.653. The number of aryl methyl sites for hydroxylation is 1. The van der Waals surface area contributed by atoms with Gasteiger partial charge in [0.1, 0.15) is 5.75 Å². The molecule has 3 amide bonds. The maximum Gasteiger partial charge on any atom is 0.236 e. The van der Waals surface area contributed by atoms with Crippen molar-refractivity contribution < 1.29 is 19.1 Å². The SMILES string of the molecule is CCN(CC)C(=O)CN1CCN(C(=O)C2CC(=O)N(c3cc(C)ccc3OC)C2)CC1. The summed E-state index contributed by atoms with van der Waals surface area (Å²) in [5.74, 6) is 0.400. The van der Waals surface area contributed by atoms with Crippen molar-refractivity contribution in [1.82, 2.24) is 14.7 Å². The van der Waals surface area contributed by atoms with Crippen LogP contribution in [0.5, 0.6) is 5.75 Å². The van der Waals surface area contributed by atoms with Gasteiger partial charge in [-0.05, 0) is 38.5 Å². The van der Waals surface area contributed by atoms with Gasteiger partial charge < -0.3 is 19.4 Å². The lowest BCUT2D eigenvalue weighted by Crippen LogP contribution is -2.52. The van der Waals surface area contributed by atoms with Gasteiger partial charge in [-0.25, -0.2) is 0 Å². The van der Waals surface area contributed by atoms with Gasteiger partial charge in [-0.3, -0.25) is 19.3 Å². The molecule has 170 valence electrons. The Balaban J connectivity index is 1.57. The van der Waals surface area contributed by atoms with Gasteiger partial charge in [0.15, 0.2) is 0 Å². The fraction of sp³-hybridized carbons (Fsp3) is 0.609. The summed E-state index contributed by atoms with van der Waals surface area (Å²) >= 11 is 0. The predicted octanol–water partition coefficient (Wildman–Crippen LogP) is 1.37. The van der Waals surface area contributed by atoms with Crippen LogP contribution in [0.1, 0.15) is 25.8 Å². The van der Waals surface area contributed by atoms with Gasteiger partial charge in [0.2, 0.25) is 17.7 Å². The number of benzene rings is 1. The Bertz CT molecular complexity index is 816. The lowest BCUT2D eigenvalue weighted by atomic mass is 10.1. The highest BCUT2D eigenvalue weighted by atomic mass is 16.5. The Morgan fingerprint density at radius 3 is 2.42 bits per heavy atom. The monoisotopic (exact) mass is 430 g/mol. The Morgan fingerprint density at radius 2 is 1.81 bits per heavy atom. The minimum Gasteiger partial charge on any atom is -0.495 e. The summed E-state index contributed by atoms with van der Waals surface area (Å²) in [7, 11) is 1.59. The Kier molecular flexibility index (Phi) is 7.54. The van der Waals surface area contributed by atoms with Crippen molar-refractivity contribution >= 4 is 23.4 Å². The number of rotatable bonds is 7. The van der Waals surface area contributed by atoms with Crippen LogP contribution in [-0.4, -0.2) is 91.9 Å². The smallest absolute Gasteiger partial charge is 0.236 e. The molecule has 31 heavy (non-hydrogen) atoms. The highest BCUT2D eigenvalue weighted by Crippen LogP contribution is 2.34. The number of anilines is 1. The predicted molar refractivity (Wildman–Crippen MR) is 119 cm³/mol. The molecule has 2 fully saturated rings. The lowest BCUT2D eigenvalue weighted by molar-refractivity contribution is -0.138. The molecular formula is C23H34N4O4. The number of carbonyl (C=O) groups is 3. The van der Waals surface area contributed by atoms with Gasteiger partial charge in [0.05, 0.1) is 25.3 Å². The first kappa shape index (κ1) is 23.1. The second kappa shape index (κ2) is 10.1. The molecular weight excluding hydrogens is 396 g/mol. The molecule has 2 aliphatic rings. The molecule has 0 aliphatic carbocycles. The van der Waals surface area contributed by atoms with Crippen LogP contribution in [0.4, 0.5) is 5.69 Å². The van der Waals surface area contributed by atoms with Crippen LogP contribution in [0.2, 0.25) is 0 Å². The maximum atomic E-state index is 13.1. The van der Waals surface area contributed by atoms with Gasteiger partial charge in [-0.2, -0.15) is 0 Å². The molecule has 0 aromatic heterocycles. The van der Waals surface area contributed by atoms with Crippen molar-refractivity contribution in [3.8, 4) is 5.75 Å². The number of hydrogen-bond acceptors (Lipinski definition) is 5. The largest absolute Gasteiger partial charge is 0.495 e. The van der Waals surface area contributed by atoms with Crippen LogP contribution in [0, 0.1) is 12.8 Å². The summed E-state index contributed by atoms with van der Waals surface area (Å²) in [6.07, 6.45) is 0.219. The van der Waals surface area contributed by atoms with E-state index in [-0.39, 0.29) is 30.1 Å². The van der Waals surface area contributed by atoms with E-state index in [1.165, 1.54) is 0 Å². The van der Waals surface area contributed by atoms with Crippen LogP contribution in [0.3, 0.4) is 0 Å². The average Bonchev–Trinajstić information content (AvgIpc) is 3.16. The minimum atomic E-state index is -0.346. The molecule has 8 nitrogen and oxygen atoms in total. The van der Waals surface area contributed by atoms with E-state index in [2.05, 4.69) is 4.90 Å². The van der Waals surface area contributed by atoms with E-state index in [9.17, 15) is 14.4 Å². The van der Waals surface area contributed by atoms with Crippen molar-refractivity contribution in [2.45, 2.75) is 27.2 Å². The fourth-order valence-corrected chi connectivity index (χ4v) is 4.37. The number of methoxy groups -OCH3 is 1. The molecule has 2 saturated heterocycles. The van der Waals surface area contributed by atoms with Gasteiger partial charge in [0.25, 0.3) is 0 Å². The van der Waals surface area contributed by atoms with E-state index < -0.39 is 0 Å². The van der Waals surface area contributed by atoms with Crippen LogP contribution in [-0.2, 0) is 14.4 Å². The van der Waals surface area contributed by atoms with E-state index in [0.717, 1.165) is 11.3 Å². The van der Waals surface area contributed by atoms with E-state index in [0.29, 0.717) is 58.1 Å². The second-order valence-electron chi connectivity index (χ2n) is 8.25. The average molecular weight is 431 g/mol. The first-order chi connectivity index (χ1) is 14.9. The van der Waals surface area contributed by atoms with Crippen LogP contribution in [0.15, 0.2) is 18.2 Å². The molecule has 3 rings (SSSR count). The first-order valence-corrected chi connectivity index (χ1v) is 11.1. The summed E-state index contributed by atoms with van der Waals surface area (Å²) in [5, 5.41) is 0. The molecule has 1 unspecified atom stereocenters. The Labute approximate surface area is 184 Å². The zero-order chi connectivity index (χ0) is 22.5. The van der Waals surface area contributed by atoms with Gasteiger partial charge in [0, 0.05) is 52.2 Å². The van der Waals surface area contributed by atoms with Crippen molar-refractivity contribution in [2.24, 2.45) is 5.92 Å². The highest BCUT2D eigenvalue weighted by Gasteiger charge is 2.39. The Hall–Kier alpha value is -2.61. The molecule has 0 N–H and O–H groups in total. The molecule has 1 atom stereocenters. The third kappa shape index (κ3) is 5.18. The summed E-state index contributed by atoms with van der Waals surface area (Å²) in [4.78, 5) is 45.6.